The molecule has 2 aromatic carbocycles. The van der Waals surface area contributed by atoms with Gasteiger partial charge in [0.05, 0.1) is 29.6 Å². The molecule has 0 aliphatic rings. The number of carbonyl (C=O) groups is 3. The van der Waals surface area contributed by atoms with E-state index in [9.17, 15) is 19.5 Å². The first kappa shape index (κ1) is 32.6. The third-order valence-electron chi connectivity index (χ3n) is 6.67. The van der Waals surface area contributed by atoms with Gasteiger partial charge >= 0.3 is 12.2 Å². The van der Waals surface area contributed by atoms with Gasteiger partial charge in [-0.2, -0.15) is 0 Å². The first-order valence-electron chi connectivity index (χ1n) is 13.8. The fourth-order valence-electron chi connectivity index (χ4n) is 4.48. The van der Waals surface area contributed by atoms with Gasteiger partial charge < -0.3 is 30.5 Å². The van der Waals surface area contributed by atoms with Gasteiger partial charge in [-0.25, -0.2) is 9.59 Å². The third-order valence-corrected chi connectivity index (χ3v) is 7.42. The first-order chi connectivity index (χ1) is 20.0. The van der Waals surface area contributed by atoms with E-state index in [0.717, 1.165) is 16.0 Å². The minimum Gasteiger partial charge on any atom is -0.453 e. The number of aromatic nitrogens is 1. The van der Waals surface area contributed by atoms with Gasteiger partial charge in [0, 0.05) is 12.2 Å². The van der Waals surface area contributed by atoms with Gasteiger partial charge in [-0.15, -0.1) is 11.3 Å². The lowest BCUT2D eigenvalue weighted by Crippen LogP contribution is -2.58. The lowest BCUT2D eigenvalue weighted by Gasteiger charge is -2.33. The maximum Gasteiger partial charge on any atom is 0.407 e. The molecule has 0 radical (unpaired) electrons. The molecule has 4 N–H and O–H groups in total. The summed E-state index contributed by atoms with van der Waals surface area (Å²) in [4.78, 5) is 43.1. The van der Waals surface area contributed by atoms with Crippen LogP contribution in [-0.4, -0.2) is 59.5 Å². The Morgan fingerprint density at radius 1 is 0.905 bits per heavy atom. The second-order valence-corrected chi connectivity index (χ2v) is 12.1. The maximum atomic E-state index is 13.5. The Balaban J connectivity index is 1.79. The minimum atomic E-state index is -1.05. The predicted octanol–water partition coefficient (Wildman–Crippen LogP) is 4.23. The Labute approximate surface area is 250 Å². The number of benzene rings is 2. The molecule has 226 valence electrons. The largest absolute Gasteiger partial charge is 0.453 e. The van der Waals surface area contributed by atoms with Crippen LogP contribution in [0.3, 0.4) is 0 Å². The van der Waals surface area contributed by atoms with E-state index in [1.54, 1.807) is 11.7 Å². The van der Waals surface area contributed by atoms with Crippen LogP contribution in [-0.2, 0) is 33.7 Å². The van der Waals surface area contributed by atoms with Crippen LogP contribution < -0.4 is 16.0 Å². The highest BCUT2D eigenvalue weighted by atomic mass is 32.1. The average Bonchev–Trinajstić information content (AvgIpc) is 3.48. The number of hydrogen-bond acceptors (Lipinski definition) is 8. The number of hydrogen-bond donors (Lipinski definition) is 4. The topological polar surface area (TPSA) is 139 Å². The van der Waals surface area contributed by atoms with Crippen LogP contribution in [0, 0.1) is 5.41 Å². The first-order valence-corrected chi connectivity index (χ1v) is 14.6. The molecule has 1 heterocycles. The maximum absolute atomic E-state index is 13.5. The highest BCUT2D eigenvalue weighted by molar-refractivity contribution is 7.09. The molecular formula is C31H40N4O6S. The smallest absolute Gasteiger partial charge is 0.407 e. The summed E-state index contributed by atoms with van der Waals surface area (Å²) in [5.74, 6) is -0.454. The molecule has 3 unspecified atom stereocenters. The number of alkyl carbamates (subject to hydrolysis) is 2. The fraction of sp³-hybridized carbons (Fsp3) is 0.419. The van der Waals surface area contributed by atoms with E-state index in [-0.39, 0.29) is 13.0 Å². The zero-order valence-corrected chi connectivity index (χ0v) is 25.2. The summed E-state index contributed by atoms with van der Waals surface area (Å²) in [5, 5.41) is 20.0. The van der Waals surface area contributed by atoms with Gasteiger partial charge in [-0.1, -0.05) is 81.4 Å². The summed E-state index contributed by atoms with van der Waals surface area (Å²) in [6.45, 7) is 5.57. The fourth-order valence-corrected chi connectivity index (χ4v) is 4.98. The Bertz CT molecular complexity index is 1250. The number of methoxy groups -OCH3 is 1. The highest BCUT2D eigenvalue weighted by Crippen LogP contribution is 2.21. The molecule has 0 bridgehead atoms. The Kier molecular flexibility index (Phi) is 12.3. The van der Waals surface area contributed by atoms with Crippen molar-refractivity contribution in [3.8, 4) is 0 Å². The number of aliphatic hydroxyl groups is 1. The predicted molar refractivity (Wildman–Crippen MR) is 161 cm³/mol. The summed E-state index contributed by atoms with van der Waals surface area (Å²) >= 11 is 1.39. The van der Waals surface area contributed by atoms with Gasteiger partial charge in [0.15, 0.2) is 0 Å². The normalized spacial score (nSPS) is 14.1. The van der Waals surface area contributed by atoms with Crippen LogP contribution in [0.2, 0.25) is 0 Å². The van der Waals surface area contributed by atoms with Crippen LogP contribution in [0.4, 0.5) is 9.59 Å². The molecule has 1 aromatic heterocycles. The third kappa shape index (κ3) is 10.8. The molecule has 0 saturated carbocycles. The molecule has 42 heavy (non-hydrogen) atoms. The number of nitrogens with zero attached hydrogens (tertiary/aromatic N) is 1. The zero-order valence-electron chi connectivity index (χ0n) is 24.4. The molecule has 3 rings (SSSR count). The summed E-state index contributed by atoms with van der Waals surface area (Å²) in [6, 6.07) is 16.9. The van der Waals surface area contributed by atoms with Crippen LogP contribution >= 0.6 is 11.3 Å². The molecule has 0 fully saturated rings. The SMILES string of the molecule is COC(=O)N[C@H](C(=O)NC(Cc1ccccc1)C(O)CC(Cc1ccccc1)NC(=O)OCc1cncs1)C(C)(C)C. The molecular weight excluding hydrogens is 556 g/mol. The van der Waals surface area contributed by atoms with Crippen molar-refractivity contribution in [3.05, 3.63) is 88.4 Å². The van der Waals surface area contributed by atoms with Crippen molar-refractivity contribution in [2.45, 2.75) is 70.9 Å². The second kappa shape index (κ2) is 15.9. The molecule has 0 saturated heterocycles. The molecule has 3 amide bonds. The molecule has 0 spiro atoms. The monoisotopic (exact) mass is 596 g/mol. The average molecular weight is 597 g/mol. The van der Waals surface area contributed by atoms with Crippen molar-refractivity contribution in [3.63, 3.8) is 0 Å². The standard InChI is InChI=1S/C31H40N4O6S/c1-31(2,3)27(35-29(38)40-4)28(37)34-25(16-22-13-9-6-10-14-22)26(36)17-23(15-21-11-7-5-8-12-21)33-30(39)41-19-24-18-32-20-42-24/h5-14,18,20,23,25-27,36H,15-17,19H2,1-4H3,(H,33,39)(H,34,37)(H,35,38)/t23?,25?,26?,27-/m1/s1. The summed E-state index contributed by atoms with van der Waals surface area (Å²) in [6.07, 6.45) is 0.144. The molecule has 11 heteroatoms. The van der Waals surface area contributed by atoms with Crippen LogP contribution in [0.15, 0.2) is 72.4 Å². The molecule has 4 atom stereocenters. The van der Waals surface area contributed by atoms with Crippen molar-refractivity contribution in [1.82, 2.24) is 20.9 Å². The van der Waals surface area contributed by atoms with Gasteiger partial charge in [-0.05, 0) is 35.8 Å². The van der Waals surface area contributed by atoms with Gasteiger partial charge in [0.25, 0.3) is 0 Å². The van der Waals surface area contributed by atoms with Crippen LogP contribution in [0.5, 0.6) is 0 Å². The quantitative estimate of drug-likeness (QED) is 0.232. The summed E-state index contributed by atoms with van der Waals surface area (Å²) in [5.41, 5.74) is 2.90. The van der Waals surface area contributed by atoms with Crippen molar-refractivity contribution < 1.29 is 29.0 Å². The van der Waals surface area contributed by atoms with Crippen LogP contribution in [0.25, 0.3) is 0 Å². The second-order valence-electron chi connectivity index (χ2n) is 11.1. The van der Waals surface area contributed by atoms with Gasteiger partial charge in [0.1, 0.15) is 12.6 Å². The van der Waals surface area contributed by atoms with E-state index in [2.05, 4.69) is 20.9 Å². The molecule has 0 aliphatic carbocycles. The van der Waals surface area contributed by atoms with Crippen molar-refractivity contribution in [2.24, 2.45) is 5.41 Å². The highest BCUT2D eigenvalue weighted by Gasteiger charge is 2.36. The summed E-state index contributed by atoms with van der Waals surface area (Å²) < 4.78 is 10.1. The van der Waals surface area contributed by atoms with Gasteiger partial charge in [0.2, 0.25) is 5.91 Å². The van der Waals surface area contributed by atoms with E-state index in [0.29, 0.717) is 12.8 Å². The number of nitrogens with one attached hydrogen (secondary N) is 3. The molecule has 0 aliphatic heterocycles. The Hall–Kier alpha value is -3.96. The summed E-state index contributed by atoms with van der Waals surface area (Å²) in [7, 11) is 1.23. The Morgan fingerprint density at radius 3 is 2.07 bits per heavy atom. The van der Waals surface area contributed by atoms with E-state index < -0.39 is 47.7 Å². The minimum absolute atomic E-state index is 0.0885. The number of amides is 3. The van der Waals surface area contributed by atoms with E-state index in [1.165, 1.54) is 18.4 Å². The number of rotatable bonds is 13. The lowest BCUT2D eigenvalue weighted by atomic mass is 9.85. The van der Waals surface area contributed by atoms with Gasteiger partial charge in [-0.3, -0.25) is 9.78 Å². The number of aliphatic hydroxyl groups excluding tert-OH is 1. The van der Waals surface area contributed by atoms with Crippen molar-refractivity contribution in [2.75, 3.05) is 7.11 Å². The van der Waals surface area contributed by atoms with E-state index >= 15 is 0 Å². The number of carbonyl (C=O) groups excluding carboxylic acids is 3. The van der Waals surface area contributed by atoms with Crippen molar-refractivity contribution >= 4 is 29.4 Å². The van der Waals surface area contributed by atoms with E-state index in [4.69, 9.17) is 9.47 Å². The van der Waals surface area contributed by atoms with Crippen molar-refractivity contribution in [1.29, 1.82) is 0 Å². The van der Waals surface area contributed by atoms with Crippen LogP contribution in [0.1, 0.15) is 43.2 Å². The van der Waals surface area contributed by atoms with E-state index in [1.807, 2.05) is 81.4 Å². The Morgan fingerprint density at radius 2 is 1.52 bits per heavy atom. The number of thiazole rings is 1. The lowest BCUT2D eigenvalue weighted by molar-refractivity contribution is -0.127. The molecule has 10 nitrogen and oxygen atoms in total. The number of ether oxygens (including phenoxy) is 2. The zero-order chi connectivity index (χ0) is 30.5. The molecule has 3 aromatic rings.